The fraction of sp³-hybridized carbons (Fsp3) is 0.200. The van der Waals surface area contributed by atoms with Gasteiger partial charge in [0.2, 0.25) is 0 Å². The zero-order chi connectivity index (χ0) is 13.8. The maximum atomic E-state index is 9.14. The number of nitrogens with two attached hydrogens (primary N) is 1. The van der Waals surface area contributed by atoms with E-state index in [1.54, 1.807) is 6.07 Å². The summed E-state index contributed by atoms with van der Waals surface area (Å²) >= 11 is 0. The molecule has 0 radical (unpaired) electrons. The van der Waals surface area contributed by atoms with Crippen molar-refractivity contribution in [3.63, 3.8) is 0 Å². The molecule has 1 heterocycles. The van der Waals surface area contributed by atoms with E-state index in [9.17, 15) is 0 Å². The molecule has 4 heteroatoms. The van der Waals surface area contributed by atoms with E-state index < -0.39 is 0 Å². The Morgan fingerprint density at radius 2 is 1.95 bits per heavy atom. The van der Waals surface area contributed by atoms with Crippen LogP contribution in [0.1, 0.15) is 22.5 Å². The van der Waals surface area contributed by atoms with E-state index in [-0.39, 0.29) is 0 Å². The Balaban J connectivity index is 2.20. The molecule has 1 aromatic heterocycles. The standard InChI is InChI=1S/C15H15N3O/c1-10-7-15(14(8-16)11(2)18-10)19-9-12-3-5-13(17)6-4-12/h3-7H,9,17H2,1-2H3. The van der Waals surface area contributed by atoms with Crippen LogP contribution < -0.4 is 10.5 Å². The average molecular weight is 253 g/mol. The number of rotatable bonds is 3. The Morgan fingerprint density at radius 1 is 1.26 bits per heavy atom. The summed E-state index contributed by atoms with van der Waals surface area (Å²) in [5.74, 6) is 0.573. The molecule has 19 heavy (non-hydrogen) atoms. The molecule has 0 aliphatic carbocycles. The van der Waals surface area contributed by atoms with Gasteiger partial charge in [-0.05, 0) is 31.5 Å². The lowest BCUT2D eigenvalue weighted by Crippen LogP contribution is -2.01. The quantitative estimate of drug-likeness (QED) is 0.854. The number of hydrogen-bond donors (Lipinski definition) is 1. The maximum absolute atomic E-state index is 9.14. The molecule has 1 aromatic carbocycles. The maximum Gasteiger partial charge on any atom is 0.141 e. The first kappa shape index (κ1) is 12.9. The molecule has 2 rings (SSSR count). The van der Waals surface area contributed by atoms with Crippen LogP contribution in [-0.4, -0.2) is 4.98 Å². The van der Waals surface area contributed by atoms with E-state index in [4.69, 9.17) is 15.7 Å². The second kappa shape index (κ2) is 5.40. The van der Waals surface area contributed by atoms with Gasteiger partial charge in [0, 0.05) is 17.4 Å². The van der Waals surface area contributed by atoms with Crippen LogP contribution in [0.15, 0.2) is 30.3 Å². The first-order valence-electron chi connectivity index (χ1n) is 5.95. The first-order chi connectivity index (χ1) is 9.10. The van der Waals surface area contributed by atoms with Gasteiger partial charge in [-0.2, -0.15) is 5.26 Å². The Hall–Kier alpha value is -2.54. The van der Waals surface area contributed by atoms with E-state index in [1.807, 2.05) is 38.1 Å². The van der Waals surface area contributed by atoms with Crippen LogP contribution in [0.3, 0.4) is 0 Å². The fourth-order valence-corrected chi connectivity index (χ4v) is 1.82. The van der Waals surface area contributed by atoms with Crippen molar-refractivity contribution in [3.8, 4) is 11.8 Å². The van der Waals surface area contributed by atoms with Crippen molar-refractivity contribution in [1.29, 1.82) is 5.26 Å². The van der Waals surface area contributed by atoms with Crippen LogP contribution in [0.2, 0.25) is 0 Å². The number of nitriles is 1. The number of anilines is 1. The second-order valence-electron chi connectivity index (χ2n) is 4.36. The molecule has 0 atom stereocenters. The normalized spacial score (nSPS) is 9.95. The smallest absolute Gasteiger partial charge is 0.141 e. The van der Waals surface area contributed by atoms with Crippen molar-refractivity contribution in [2.24, 2.45) is 0 Å². The third kappa shape index (κ3) is 3.02. The largest absolute Gasteiger partial charge is 0.487 e. The number of benzene rings is 1. The summed E-state index contributed by atoms with van der Waals surface area (Å²) in [5, 5.41) is 9.14. The molecule has 96 valence electrons. The van der Waals surface area contributed by atoms with Crippen LogP contribution in [-0.2, 0) is 6.61 Å². The van der Waals surface area contributed by atoms with Crippen LogP contribution >= 0.6 is 0 Å². The SMILES string of the molecule is Cc1cc(OCc2ccc(N)cc2)c(C#N)c(C)n1. The Morgan fingerprint density at radius 3 is 2.58 bits per heavy atom. The number of nitrogen functional groups attached to an aromatic ring is 1. The summed E-state index contributed by atoms with van der Waals surface area (Å²) in [7, 11) is 0. The van der Waals surface area contributed by atoms with Crippen molar-refractivity contribution in [2.75, 3.05) is 5.73 Å². The van der Waals surface area contributed by atoms with Crippen LogP contribution in [0.5, 0.6) is 5.75 Å². The van der Waals surface area contributed by atoms with Gasteiger partial charge < -0.3 is 10.5 Å². The van der Waals surface area contributed by atoms with Gasteiger partial charge in [0.15, 0.2) is 0 Å². The topological polar surface area (TPSA) is 71.9 Å². The van der Waals surface area contributed by atoms with E-state index in [0.717, 1.165) is 16.9 Å². The lowest BCUT2D eigenvalue weighted by atomic mass is 10.2. The predicted molar refractivity (Wildman–Crippen MR) is 73.6 cm³/mol. The zero-order valence-electron chi connectivity index (χ0n) is 11.0. The number of ether oxygens (including phenoxy) is 1. The Labute approximate surface area is 112 Å². The number of nitrogens with zero attached hydrogens (tertiary/aromatic N) is 2. The molecule has 0 spiro atoms. The molecular weight excluding hydrogens is 238 g/mol. The van der Waals surface area contributed by atoms with Crippen LogP contribution in [0.4, 0.5) is 5.69 Å². The molecule has 2 N–H and O–H groups in total. The minimum absolute atomic E-state index is 0.401. The lowest BCUT2D eigenvalue weighted by molar-refractivity contribution is 0.304. The lowest BCUT2D eigenvalue weighted by Gasteiger charge is -2.10. The molecule has 0 saturated carbocycles. The summed E-state index contributed by atoms with van der Waals surface area (Å²) in [5.41, 5.74) is 9.37. The number of hydrogen-bond acceptors (Lipinski definition) is 4. The molecule has 0 bridgehead atoms. The monoisotopic (exact) mass is 253 g/mol. The van der Waals surface area contributed by atoms with Crippen LogP contribution in [0, 0.1) is 25.2 Å². The highest BCUT2D eigenvalue weighted by atomic mass is 16.5. The van der Waals surface area contributed by atoms with Crippen molar-refractivity contribution in [2.45, 2.75) is 20.5 Å². The average Bonchev–Trinajstić information content (AvgIpc) is 2.37. The van der Waals surface area contributed by atoms with E-state index in [2.05, 4.69) is 11.1 Å². The van der Waals surface area contributed by atoms with Gasteiger partial charge in [-0.3, -0.25) is 4.98 Å². The van der Waals surface area contributed by atoms with Gasteiger partial charge in [0.05, 0.1) is 5.69 Å². The van der Waals surface area contributed by atoms with E-state index in [1.165, 1.54) is 0 Å². The third-order valence-corrected chi connectivity index (χ3v) is 2.78. The second-order valence-corrected chi connectivity index (χ2v) is 4.36. The third-order valence-electron chi connectivity index (χ3n) is 2.78. The number of pyridine rings is 1. The van der Waals surface area contributed by atoms with Gasteiger partial charge in [0.1, 0.15) is 24.0 Å². The summed E-state index contributed by atoms with van der Waals surface area (Å²) in [6.45, 7) is 4.09. The fourth-order valence-electron chi connectivity index (χ4n) is 1.82. The summed E-state index contributed by atoms with van der Waals surface area (Å²) < 4.78 is 5.71. The van der Waals surface area contributed by atoms with Gasteiger partial charge in [-0.15, -0.1) is 0 Å². The van der Waals surface area contributed by atoms with Gasteiger partial charge in [0.25, 0.3) is 0 Å². The van der Waals surface area contributed by atoms with Crippen molar-refractivity contribution in [3.05, 3.63) is 52.8 Å². The molecule has 0 amide bonds. The summed E-state index contributed by atoms with van der Waals surface area (Å²) in [6, 6.07) is 11.4. The van der Waals surface area contributed by atoms with Gasteiger partial charge >= 0.3 is 0 Å². The zero-order valence-corrected chi connectivity index (χ0v) is 11.0. The first-order valence-corrected chi connectivity index (χ1v) is 5.95. The minimum Gasteiger partial charge on any atom is -0.487 e. The summed E-state index contributed by atoms with van der Waals surface area (Å²) in [4.78, 5) is 4.25. The Kier molecular flexibility index (Phi) is 3.67. The number of aromatic nitrogens is 1. The van der Waals surface area contributed by atoms with Crippen molar-refractivity contribution in [1.82, 2.24) is 4.98 Å². The molecule has 0 fully saturated rings. The molecule has 0 aliphatic rings. The molecule has 0 unspecified atom stereocenters. The molecule has 4 nitrogen and oxygen atoms in total. The highest BCUT2D eigenvalue weighted by molar-refractivity contribution is 5.46. The number of aryl methyl sites for hydroxylation is 2. The van der Waals surface area contributed by atoms with Crippen LogP contribution in [0.25, 0.3) is 0 Å². The molecule has 0 aliphatic heterocycles. The van der Waals surface area contributed by atoms with Gasteiger partial charge in [-0.25, -0.2) is 0 Å². The highest BCUT2D eigenvalue weighted by Gasteiger charge is 2.09. The molecular formula is C15H15N3O. The van der Waals surface area contributed by atoms with Crippen molar-refractivity contribution >= 4 is 5.69 Å². The van der Waals surface area contributed by atoms with E-state index in [0.29, 0.717) is 23.6 Å². The molecule has 0 saturated heterocycles. The summed E-state index contributed by atoms with van der Waals surface area (Å²) in [6.07, 6.45) is 0. The Bertz CT molecular complexity index is 627. The minimum atomic E-state index is 0.401. The van der Waals surface area contributed by atoms with E-state index >= 15 is 0 Å². The van der Waals surface area contributed by atoms with Gasteiger partial charge in [-0.1, -0.05) is 12.1 Å². The van der Waals surface area contributed by atoms with Crippen molar-refractivity contribution < 1.29 is 4.74 Å². The highest BCUT2D eigenvalue weighted by Crippen LogP contribution is 2.22. The predicted octanol–water partition coefficient (Wildman–Crippen LogP) is 2.73. The molecule has 2 aromatic rings.